The summed E-state index contributed by atoms with van der Waals surface area (Å²) in [5, 5.41) is 24.3. The van der Waals surface area contributed by atoms with Gasteiger partial charge in [-0.3, -0.25) is 0 Å². The third-order valence-corrected chi connectivity index (χ3v) is 11.2. The van der Waals surface area contributed by atoms with E-state index in [1.807, 2.05) is 48.5 Å². The van der Waals surface area contributed by atoms with Crippen molar-refractivity contribution < 1.29 is 0 Å². The van der Waals surface area contributed by atoms with Gasteiger partial charge in [-0.2, -0.15) is 10.5 Å². The zero-order valence-corrected chi connectivity index (χ0v) is 33.2. The monoisotopic (exact) mass is 737 g/mol. The second kappa shape index (κ2) is 13.3. The van der Waals surface area contributed by atoms with Crippen molar-refractivity contribution in [2.75, 3.05) is 4.90 Å². The first kappa shape index (κ1) is 35.6. The topological polar surface area (TPSA) is 60.7 Å². The summed E-state index contributed by atoms with van der Waals surface area (Å²) in [5.74, 6) is 0. The van der Waals surface area contributed by atoms with Gasteiger partial charge in [0, 0.05) is 32.9 Å². The average molecular weight is 738 g/mol. The summed E-state index contributed by atoms with van der Waals surface area (Å²) in [6.07, 6.45) is 0. The fraction of sp³-hybridized carbons (Fsp3) is 0.154. The molecule has 0 aliphatic carbocycles. The molecule has 0 radical (unpaired) electrons. The van der Waals surface area contributed by atoms with Crippen LogP contribution in [-0.2, 0) is 10.8 Å². The maximum Gasteiger partial charge on any atom is 0.0991 e. The number of aromatic nitrogens is 2. The number of hydrogen-bond donors (Lipinski definition) is 0. The highest BCUT2D eigenvalue weighted by molar-refractivity contribution is 6.11. The highest BCUT2D eigenvalue weighted by Gasteiger charge is 2.23. The molecule has 0 saturated carbocycles. The van der Waals surface area contributed by atoms with E-state index in [0.717, 1.165) is 50.5 Å². The zero-order valence-electron chi connectivity index (χ0n) is 33.2. The molecule has 0 unspecified atom stereocenters. The number of rotatable bonds is 5. The van der Waals surface area contributed by atoms with Crippen molar-refractivity contribution in [1.82, 2.24) is 9.13 Å². The fourth-order valence-corrected chi connectivity index (χ4v) is 8.22. The Morgan fingerprint density at radius 1 is 0.404 bits per heavy atom. The van der Waals surface area contributed by atoms with Gasteiger partial charge in [-0.25, -0.2) is 0 Å². The van der Waals surface area contributed by atoms with Crippen LogP contribution in [0.4, 0.5) is 17.1 Å². The van der Waals surface area contributed by atoms with E-state index in [0.29, 0.717) is 11.1 Å². The number of anilines is 3. The highest BCUT2D eigenvalue weighted by Crippen LogP contribution is 2.43. The van der Waals surface area contributed by atoms with Crippen LogP contribution in [0.25, 0.3) is 55.0 Å². The van der Waals surface area contributed by atoms with Gasteiger partial charge in [0.15, 0.2) is 0 Å². The highest BCUT2D eigenvalue weighted by atomic mass is 15.1. The van der Waals surface area contributed by atoms with E-state index >= 15 is 0 Å². The summed E-state index contributed by atoms with van der Waals surface area (Å²) in [6.45, 7) is 13.6. The third-order valence-electron chi connectivity index (χ3n) is 11.2. The van der Waals surface area contributed by atoms with Gasteiger partial charge >= 0.3 is 0 Å². The van der Waals surface area contributed by atoms with Gasteiger partial charge in [0.25, 0.3) is 0 Å². The van der Waals surface area contributed by atoms with Crippen molar-refractivity contribution in [2.45, 2.75) is 52.4 Å². The zero-order chi connectivity index (χ0) is 39.6. The minimum Gasteiger partial charge on any atom is -0.310 e. The third kappa shape index (κ3) is 6.10. The molecular formula is C52H43N5. The maximum atomic E-state index is 9.71. The van der Waals surface area contributed by atoms with Crippen LogP contribution in [0, 0.1) is 22.7 Å². The van der Waals surface area contributed by atoms with Gasteiger partial charge in [0.2, 0.25) is 0 Å². The average Bonchev–Trinajstić information content (AvgIpc) is 3.73. The predicted molar refractivity (Wildman–Crippen MR) is 237 cm³/mol. The molecule has 0 spiro atoms. The van der Waals surface area contributed by atoms with E-state index in [1.165, 1.54) is 32.7 Å². The quantitative estimate of drug-likeness (QED) is 0.177. The molecule has 0 atom stereocenters. The number of fused-ring (bicyclic) bond motifs is 6. The standard InChI is InChI=1S/C52H43N5/c1-51(2,3)36-19-25-49-45(27-36)46-28-37(52(4,5)6)20-26-50(46)57(49)42-30-40(55(38-21-15-34(32-53)16-22-38)39-23-17-35(33-54)18-24-39)29-41(31-42)56-47-13-9-7-11-43(47)44-12-8-10-14-48(44)56/h7-31H,1-6H3. The van der Waals surface area contributed by atoms with Gasteiger partial charge in [-0.1, -0.05) is 90.1 Å². The van der Waals surface area contributed by atoms with Crippen molar-refractivity contribution >= 4 is 60.7 Å². The lowest BCUT2D eigenvalue weighted by atomic mass is 9.85. The smallest absolute Gasteiger partial charge is 0.0991 e. The van der Waals surface area contributed by atoms with Crippen molar-refractivity contribution in [3.05, 3.63) is 174 Å². The number of hydrogen-bond acceptors (Lipinski definition) is 3. The van der Waals surface area contributed by atoms with Gasteiger partial charge < -0.3 is 14.0 Å². The Balaban J connectivity index is 1.41. The van der Waals surface area contributed by atoms with E-state index in [9.17, 15) is 10.5 Å². The molecule has 276 valence electrons. The van der Waals surface area contributed by atoms with E-state index in [1.54, 1.807) is 0 Å². The molecule has 0 saturated heterocycles. The normalized spacial score (nSPS) is 12.0. The molecule has 2 heterocycles. The van der Waals surface area contributed by atoms with E-state index in [4.69, 9.17) is 0 Å². The van der Waals surface area contributed by atoms with Crippen LogP contribution in [0.3, 0.4) is 0 Å². The molecule has 9 aromatic rings. The van der Waals surface area contributed by atoms with Crippen molar-refractivity contribution in [1.29, 1.82) is 10.5 Å². The molecule has 7 aromatic carbocycles. The van der Waals surface area contributed by atoms with Crippen molar-refractivity contribution in [3.8, 4) is 23.5 Å². The van der Waals surface area contributed by atoms with Crippen molar-refractivity contribution in [3.63, 3.8) is 0 Å². The maximum absolute atomic E-state index is 9.71. The largest absolute Gasteiger partial charge is 0.310 e. The molecule has 57 heavy (non-hydrogen) atoms. The summed E-state index contributed by atoms with van der Waals surface area (Å²) >= 11 is 0. The molecular weight excluding hydrogens is 695 g/mol. The Hall–Kier alpha value is -7.08. The van der Waals surface area contributed by atoms with Crippen LogP contribution >= 0.6 is 0 Å². The Morgan fingerprint density at radius 2 is 0.789 bits per heavy atom. The van der Waals surface area contributed by atoms with Gasteiger partial charge in [-0.15, -0.1) is 0 Å². The minimum atomic E-state index is -0.0173. The molecule has 0 aliphatic heterocycles. The predicted octanol–water partition coefficient (Wildman–Crippen LogP) is 13.7. The van der Waals surface area contributed by atoms with Crippen LogP contribution < -0.4 is 4.90 Å². The van der Waals surface area contributed by atoms with Crippen LogP contribution in [0.1, 0.15) is 63.8 Å². The first-order valence-corrected chi connectivity index (χ1v) is 19.5. The summed E-state index contributed by atoms with van der Waals surface area (Å²) < 4.78 is 4.79. The molecule has 5 heteroatoms. The van der Waals surface area contributed by atoms with Crippen molar-refractivity contribution in [2.24, 2.45) is 0 Å². The lowest BCUT2D eigenvalue weighted by Crippen LogP contribution is -2.12. The van der Waals surface area contributed by atoms with Crippen LogP contribution in [-0.4, -0.2) is 9.13 Å². The molecule has 5 nitrogen and oxygen atoms in total. The minimum absolute atomic E-state index is 0.0173. The summed E-state index contributed by atoms with van der Waals surface area (Å²) in [4.78, 5) is 2.21. The van der Waals surface area contributed by atoms with E-state index < -0.39 is 0 Å². The molecule has 0 aliphatic rings. The molecule has 0 bridgehead atoms. The van der Waals surface area contributed by atoms with Crippen LogP contribution in [0.2, 0.25) is 0 Å². The van der Waals surface area contributed by atoms with E-state index in [-0.39, 0.29) is 10.8 Å². The molecule has 0 amide bonds. The van der Waals surface area contributed by atoms with Gasteiger partial charge in [-0.05, 0) is 125 Å². The Morgan fingerprint density at radius 3 is 1.18 bits per heavy atom. The number of para-hydroxylation sites is 2. The molecule has 0 fully saturated rings. The fourth-order valence-electron chi connectivity index (χ4n) is 8.22. The second-order valence-electron chi connectivity index (χ2n) is 17.0. The number of nitrogens with zero attached hydrogens (tertiary/aromatic N) is 5. The molecule has 0 N–H and O–H groups in total. The summed E-state index contributed by atoms with van der Waals surface area (Å²) in [7, 11) is 0. The summed E-state index contributed by atoms with van der Waals surface area (Å²) in [5.41, 5.74) is 13.0. The summed E-state index contributed by atoms with van der Waals surface area (Å²) in [6, 6.07) is 57.9. The second-order valence-corrected chi connectivity index (χ2v) is 17.0. The Kier molecular flexibility index (Phi) is 8.31. The lowest BCUT2D eigenvalue weighted by Gasteiger charge is -2.27. The Bertz CT molecular complexity index is 2910. The first-order chi connectivity index (χ1) is 27.4. The first-order valence-electron chi connectivity index (χ1n) is 19.5. The number of benzene rings is 7. The SMILES string of the molecule is CC(C)(C)c1ccc2c(c1)c1cc(C(C)(C)C)ccc1n2-c1cc(N(c2ccc(C#N)cc2)c2ccc(C#N)cc2)cc(-n2c3ccccc3c3ccccc32)c1. The van der Waals surface area contributed by atoms with Gasteiger partial charge in [0.1, 0.15) is 0 Å². The van der Waals surface area contributed by atoms with Gasteiger partial charge in [0.05, 0.1) is 62.4 Å². The Labute approximate surface area is 333 Å². The van der Waals surface area contributed by atoms with Crippen LogP contribution in [0.15, 0.2) is 152 Å². The molecule has 9 rings (SSSR count). The number of nitriles is 2. The molecule has 2 aromatic heterocycles. The van der Waals surface area contributed by atoms with E-state index in [2.05, 4.69) is 171 Å². The lowest BCUT2D eigenvalue weighted by molar-refractivity contribution is 0.590. The van der Waals surface area contributed by atoms with Crippen LogP contribution in [0.5, 0.6) is 0 Å².